The van der Waals surface area contributed by atoms with Gasteiger partial charge in [-0.15, -0.1) is 0 Å². The molecule has 164 valence electrons. The Labute approximate surface area is 184 Å². The molecule has 2 heterocycles. The third-order valence-corrected chi connectivity index (χ3v) is 6.13. The number of anilines is 1. The van der Waals surface area contributed by atoms with Crippen molar-refractivity contribution in [2.45, 2.75) is 59.2 Å². The Morgan fingerprint density at radius 1 is 1.07 bits per heavy atom. The summed E-state index contributed by atoms with van der Waals surface area (Å²) < 4.78 is 12.4. The highest BCUT2D eigenvalue weighted by Crippen LogP contribution is 2.37. The molecule has 5 nitrogen and oxygen atoms in total. The second-order valence-corrected chi connectivity index (χ2v) is 10.2. The van der Waals surface area contributed by atoms with Crippen LogP contribution in [0, 0.1) is 5.41 Å². The standard InChI is InChI=1S/C24H34N2O3S/c1-16(2)19-8-7-9-20(17(3)4)21(19)26-22(27)25-13-24(18-10-11-30-12-18)28-14-23(5,6)15-29-24/h7-12,16-17H,13-15H2,1-6H3,(H2,25,26,27). The van der Waals surface area contributed by atoms with Gasteiger partial charge in [0.05, 0.1) is 19.8 Å². The molecule has 3 rings (SSSR count). The molecule has 30 heavy (non-hydrogen) atoms. The summed E-state index contributed by atoms with van der Waals surface area (Å²) in [5.41, 5.74) is 4.06. The minimum atomic E-state index is -0.953. The zero-order valence-corrected chi connectivity index (χ0v) is 19.7. The molecule has 2 aromatic rings. The number of carbonyl (C=O) groups excluding carboxylic acids is 1. The maximum absolute atomic E-state index is 12.9. The van der Waals surface area contributed by atoms with Gasteiger partial charge in [-0.3, -0.25) is 0 Å². The fourth-order valence-electron chi connectivity index (χ4n) is 3.61. The molecular weight excluding hydrogens is 396 g/mol. The van der Waals surface area contributed by atoms with E-state index in [-0.39, 0.29) is 18.0 Å². The van der Waals surface area contributed by atoms with Crippen LogP contribution in [0.15, 0.2) is 35.0 Å². The first-order valence-corrected chi connectivity index (χ1v) is 11.6. The molecule has 1 aromatic carbocycles. The number of para-hydroxylation sites is 1. The normalized spacial score (nSPS) is 17.9. The molecule has 1 aromatic heterocycles. The number of amides is 2. The number of nitrogens with one attached hydrogen (secondary N) is 2. The number of hydrogen-bond donors (Lipinski definition) is 2. The first-order valence-electron chi connectivity index (χ1n) is 10.6. The van der Waals surface area contributed by atoms with Crippen LogP contribution in [0.3, 0.4) is 0 Å². The van der Waals surface area contributed by atoms with E-state index in [1.54, 1.807) is 11.3 Å². The van der Waals surface area contributed by atoms with Gasteiger partial charge >= 0.3 is 6.03 Å². The van der Waals surface area contributed by atoms with Gasteiger partial charge in [0, 0.05) is 16.7 Å². The lowest BCUT2D eigenvalue weighted by molar-refractivity contribution is -0.303. The van der Waals surface area contributed by atoms with Crippen molar-refractivity contribution in [1.29, 1.82) is 0 Å². The summed E-state index contributed by atoms with van der Waals surface area (Å²) in [7, 11) is 0. The minimum Gasteiger partial charge on any atom is -0.344 e. The molecule has 0 radical (unpaired) electrons. The number of carbonyl (C=O) groups is 1. The number of urea groups is 1. The molecule has 6 heteroatoms. The molecule has 0 saturated carbocycles. The molecular formula is C24H34N2O3S. The Bertz CT molecular complexity index is 823. The van der Waals surface area contributed by atoms with E-state index in [1.807, 2.05) is 16.8 Å². The van der Waals surface area contributed by atoms with Crippen LogP contribution in [-0.2, 0) is 15.3 Å². The van der Waals surface area contributed by atoms with Crippen LogP contribution < -0.4 is 10.6 Å². The topological polar surface area (TPSA) is 59.6 Å². The van der Waals surface area contributed by atoms with E-state index in [0.717, 1.165) is 22.4 Å². The van der Waals surface area contributed by atoms with Crippen molar-refractivity contribution < 1.29 is 14.3 Å². The number of ether oxygens (including phenoxy) is 2. The van der Waals surface area contributed by atoms with E-state index in [4.69, 9.17) is 9.47 Å². The quantitative estimate of drug-likeness (QED) is 0.587. The van der Waals surface area contributed by atoms with Gasteiger partial charge in [0.25, 0.3) is 0 Å². The van der Waals surface area contributed by atoms with Crippen LogP contribution in [0.2, 0.25) is 0 Å². The van der Waals surface area contributed by atoms with E-state index in [0.29, 0.717) is 25.0 Å². The van der Waals surface area contributed by atoms with E-state index in [1.165, 1.54) is 0 Å². The van der Waals surface area contributed by atoms with Crippen LogP contribution in [0.5, 0.6) is 0 Å². The van der Waals surface area contributed by atoms with Gasteiger partial charge in [-0.05, 0) is 39.8 Å². The molecule has 0 bridgehead atoms. The molecule has 0 aliphatic carbocycles. The van der Waals surface area contributed by atoms with Gasteiger partial charge in [0.2, 0.25) is 5.79 Å². The predicted octanol–water partition coefficient (Wildman–Crippen LogP) is 6.04. The zero-order chi connectivity index (χ0) is 21.9. The van der Waals surface area contributed by atoms with Crippen molar-refractivity contribution in [2.75, 3.05) is 25.1 Å². The first-order chi connectivity index (χ1) is 14.1. The summed E-state index contributed by atoms with van der Waals surface area (Å²) in [5.74, 6) is -0.336. The molecule has 1 aliphatic heterocycles. The molecule has 0 spiro atoms. The molecule has 1 aliphatic rings. The van der Waals surface area contributed by atoms with Crippen molar-refractivity contribution in [1.82, 2.24) is 5.32 Å². The Hall–Kier alpha value is -1.89. The van der Waals surface area contributed by atoms with E-state index in [2.05, 4.69) is 70.4 Å². The Kier molecular flexibility index (Phi) is 6.90. The highest BCUT2D eigenvalue weighted by atomic mass is 32.1. The summed E-state index contributed by atoms with van der Waals surface area (Å²) >= 11 is 1.59. The Balaban J connectivity index is 1.76. The summed E-state index contributed by atoms with van der Waals surface area (Å²) in [4.78, 5) is 12.9. The fraction of sp³-hybridized carbons (Fsp3) is 0.542. The molecule has 0 unspecified atom stereocenters. The summed E-state index contributed by atoms with van der Waals surface area (Å²) in [6.07, 6.45) is 0. The van der Waals surface area contributed by atoms with Crippen molar-refractivity contribution in [3.63, 3.8) is 0 Å². The molecule has 0 atom stereocenters. The fourth-order valence-corrected chi connectivity index (χ4v) is 4.32. The van der Waals surface area contributed by atoms with Gasteiger partial charge in [-0.2, -0.15) is 11.3 Å². The zero-order valence-electron chi connectivity index (χ0n) is 18.9. The van der Waals surface area contributed by atoms with Crippen molar-refractivity contribution >= 4 is 23.1 Å². The lowest BCUT2D eigenvalue weighted by atomic mass is 9.93. The van der Waals surface area contributed by atoms with Gasteiger partial charge < -0.3 is 20.1 Å². The van der Waals surface area contributed by atoms with Gasteiger partial charge in [-0.25, -0.2) is 4.79 Å². The highest BCUT2D eigenvalue weighted by molar-refractivity contribution is 7.08. The average Bonchev–Trinajstić information content (AvgIpc) is 3.23. The van der Waals surface area contributed by atoms with Crippen LogP contribution in [-0.4, -0.2) is 25.8 Å². The molecule has 1 fully saturated rings. The Morgan fingerprint density at radius 3 is 2.17 bits per heavy atom. The largest absolute Gasteiger partial charge is 0.344 e. The van der Waals surface area contributed by atoms with Crippen LogP contribution in [0.1, 0.15) is 70.1 Å². The van der Waals surface area contributed by atoms with Crippen LogP contribution >= 0.6 is 11.3 Å². The maximum atomic E-state index is 12.9. The average molecular weight is 431 g/mol. The summed E-state index contributed by atoms with van der Waals surface area (Å²) in [6, 6.07) is 7.96. The van der Waals surface area contributed by atoms with Gasteiger partial charge in [0.1, 0.15) is 0 Å². The maximum Gasteiger partial charge on any atom is 0.319 e. The summed E-state index contributed by atoms with van der Waals surface area (Å²) in [6.45, 7) is 14.2. The van der Waals surface area contributed by atoms with Crippen molar-refractivity contribution in [3.05, 3.63) is 51.7 Å². The second-order valence-electron chi connectivity index (χ2n) is 9.44. The molecule has 2 amide bonds. The van der Waals surface area contributed by atoms with Gasteiger partial charge in [0.15, 0.2) is 0 Å². The van der Waals surface area contributed by atoms with Crippen LogP contribution in [0.4, 0.5) is 10.5 Å². The Morgan fingerprint density at radius 2 is 1.67 bits per heavy atom. The van der Waals surface area contributed by atoms with Crippen molar-refractivity contribution in [3.8, 4) is 0 Å². The number of benzene rings is 1. The molecule has 1 saturated heterocycles. The number of rotatable bonds is 6. The smallest absolute Gasteiger partial charge is 0.319 e. The van der Waals surface area contributed by atoms with E-state index in [9.17, 15) is 4.79 Å². The second kappa shape index (κ2) is 9.08. The lowest BCUT2D eigenvalue weighted by Gasteiger charge is -2.43. The summed E-state index contributed by atoms with van der Waals surface area (Å²) in [5, 5.41) is 10.1. The van der Waals surface area contributed by atoms with Crippen LogP contribution in [0.25, 0.3) is 0 Å². The van der Waals surface area contributed by atoms with Gasteiger partial charge in [-0.1, -0.05) is 59.7 Å². The SMILES string of the molecule is CC(C)c1cccc(C(C)C)c1NC(=O)NCC1(c2ccsc2)OCC(C)(C)CO1. The molecule has 2 N–H and O–H groups in total. The minimum absolute atomic E-state index is 0.0514. The third kappa shape index (κ3) is 5.05. The number of hydrogen-bond acceptors (Lipinski definition) is 4. The first kappa shape index (κ1) is 22.8. The van der Waals surface area contributed by atoms with E-state index < -0.39 is 5.79 Å². The lowest BCUT2D eigenvalue weighted by Crippen LogP contribution is -2.52. The highest BCUT2D eigenvalue weighted by Gasteiger charge is 2.42. The van der Waals surface area contributed by atoms with Crippen molar-refractivity contribution in [2.24, 2.45) is 5.41 Å². The third-order valence-electron chi connectivity index (χ3n) is 5.45. The number of thiophene rings is 1. The monoisotopic (exact) mass is 430 g/mol. The van der Waals surface area contributed by atoms with E-state index >= 15 is 0 Å². The predicted molar refractivity (Wildman–Crippen MR) is 123 cm³/mol.